The molecule has 114 valence electrons. The van der Waals surface area contributed by atoms with Gasteiger partial charge in [0.05, 0.1) is 11.8 Å². The van der Waals surface area contributed by atoms with E-state index in [1.807, 2.05) is 12.2 Å². The van der Waals surface area contributed by atoms with Crippen LogP contribution in [-0.4, -0.2) is 35.0 Å². The van der Waals surface area contributed by atoms with Crippen molar-refractivity contribution >= 4 is 17.8 Å². The van der Waals surface area contributed by atoms with Crippen LogP contribution in [0.15, 0.2) is 12.2 Å². The van der Waals surface area contributed by atoms with Crippen molar-refractivity contribution in [1.29, 1.82) is 0 Å². The molecule has 0 aromatic heterocycles. The Balaban J connectivity index is 1.62. The Morgan fingerprint density at radius 1 is 1.14 bits per heavy atom. The lowest BCUT2D eigenvalue weighted by atomic mass is 9.82. The molecule has 0 radical (unpaired) electrons. The number of allylic oxidation sites excluding steroid dienone is 2. The second-order valence-electron chi connectivity index (χ2n) is 6.35. The summed E-state index contributed by atoms with van der Waals surface area (Å²) >= 11 is 0. The zero-order valence-electron chi connectivity index (χ0n) is 11.9. The van der Waals surface area contributed by atoms with Crippen LogP contribution in [0, 0.1) is 23.7 Å². The number of rotatable bonds is 5. The van der Waals surface area contributed by atoms with Gasteiger partial charge >= 0.3 is 5.97 Å². The predicted molar refractivity (Wildman–Crippen MR) is 74.1 cm³/mol. The van der Waals surface area contributed by atoms with Crippen molar-refractivity contribution in [3.63, 3.8) is 0 Å². The largest absolute Gasteiger partial charge is 0.481 e. The van der Waals surface area contributed by atoms with Crippen molar-refractivity contribution in [3.8, 4) is 0 Å². The Hall–Kier alpha value is -1.85. The molecule has 3 aliphatic rings. The van der Waals surface area contributed by atoms with E-state index in [1.165, 1.54) is 0 Å². The highest BCUT2D eigenvalue weighted by Crippen LogP contribution is 2.48. The van der Waals surface area contributed by atoms with E-state index in [-0.39, 0.29) is 29.7 Å². The lowest BCUT2D eigenvalue weighted by Crippen LogP contribution is -2.49. The molecule has 0 spiro atoms. The second-order valence-corrected chi connectivity index (χ2v) is 6.35. The molecule has 2 bridgehead atoms. The van der Waals surface area contributed by atoms with E-state index in [1.54, 1.807) is 6.92 Å². The summed E-state index contributed by atoms with van der Waals surface area (Å²) in [4.78, 5) is 35.6. The Bertz CT molecular complexity index is 512. The number of carbonyl (C=O) groups excluding carboxylic acids is 2. The maximum Gasteiger partial charge on any atom is 0.307 e. The summed E-state index contributed by atoms with van der Waals surface area (Å²) in [5.41, 5.74) is 0. The van der Waals surface area contributed by atoms with Gasteiger partial charge in [0.1, 0.15) is 6.04 Å². The molecule has 21 heavy (non-hydrogen) atoms. The molecule has 0 aromatic rings. The van der Waals surface area contributed by atoms with Crippen LogP contribution < -0.4 is 10.6 Å². The van der Waals surface area contributed by atoms with Gasteiger partial charge in [0.15, 0.2) is 0 Å². The number of fused-ring (bicyclic) bond motifs is 2. The summed E-state index contributed by atoms with van der Waals surface area (Å²) in [5.74, 6) is -2.75. The number of carboxylic acids is 1. The monoisotopic (exact) mass is 292 g/mol. The first-order valence-electron chi connectivity index (χ1n) is 7.49. The second kappa shape index (κ2) is 5.16. The number of carboxylic acid groups (broad SMARTS) is 1. The van der Waals surface area contributed by atoms with E-state index < -0.39 is 23.8 Å². The van der Waals surface area contributed by atoms with Gasteiger partial charge in [0, 0.05) is 6.04 Å². The van der Waals surface area contributed by atoms with E-state index in [0.717, 1.165) is 19.3 Å². The molecule has 0 aliphatic heterocycles. The molecule has 2 fully saturated rings. The molecule has 6 nitrogen and oxygen atoms in total. The highest BCUT2D eigenvalue weighted by Gasteiger charge is 2.51. The minimum absolute atomic E-state index is 0.0187. The molecule has 6 heteroatoms. The fraction of sp³-hybridized carbons (Fsp3) is 0.667. The molecule has 3 unspecified atom stereocenters. The highest BCUT2D eigenvalue weighted by atomic mass is 16.4. The van der Waals surface area contributed by atoms with Crippen LogP contribution in [0.5, 0.6) is 0 Å². The van der Waals surface area contributed by atoms with Gasteiger partial charge in [0.25, 0.3) is 0 Å². The first-order chi connectivity index (χ1) is 9.97. The number of hydrogen-bond acceptors (Lipinski definition) is 3. The first-order valence-corrected chi connectivity index (χ1v) is 7.49. The first kappa shape index (κ1) is 14.1. The van der Waals surface area contributed by atoms with Crippen LogP contribution in [0.1, 0.15) is 26.2 Å². The molecule has 0 aromatic carbocycles. The molecule has 0 heterocycles. The van der Waals surface area contributed by atoms with Crippen LogP contribution >= 0.6 is 0 Å². The molecule has 3 aliphatic carbocycles. The van der Waals surface area contributed by atoms with Gasteiger partial charge < -0.3 is 15.7 Å². The molecule has 3 rings (SSSR count). The van der Waals surface area contributed by atoms with Gasteiger partial charge in [-0.25, -0.2) is 0 Å². The quantitative estimate of drug-likeness (QED) is 0.635. The number of aliphatic carboxylic acids is 1. The zero-order valence-corrected chi connectivity index (χ0v) is 11.9. The number of amides is 2. The van der Waals surface area contributed by atoms with Gasteiger partial charge in [-0.1, -0.05) is 12.2 Å². The van der Waals surface area contributed by atoms with E-state index in [4.69, 9.17) is 0 Å². The normalized spacial score (nSPS) is 34.5. The maximum atomic E-state index is 12.4. The summed E-state index contributed by atoms with van der Waals surface area (Å²) in [6.07, 6.45) is 6.53. The lowest BCUT2D eigenvalue weighted by Gasteiger charge is -2.25. The molecule has 2 saturated carbocycles. The molecule has 0 saturated heterocycles. The van der Waals surface area contributed by atoms with Crippen molar-refractivity contribution in [1.82, 2.24) is 10.6 Å². The van der Waals surface area contributed by atoms with Crippen LogP contribution in [0.2, 0.25) is 0 Å². The average Bonchev–Trinajstić information content (AvgIpc) is 3.00. The summed E-state index contributed by atoms with van der Waals surface area (Å²) < 4.78 is 0. The number of nitrogens with one attached hydrogen (secondary N) is 2. The van der Waals surface area contributed by atoms with Gasteiger partial charge in [-0.3, -0.25) is 14.4 Å². The molecule has 3 N–H and O–H groups in total. The predicted octanol–water partition coefficient (Wildman–Crippen LogP) is 0.293. The van der Waals surface area contributed by atoms with Crippen molar-refractivity contribution in [2.24, 2.45) is 23.7 Å². The summed E-state index contributed by atoms with van der Waals surface area (Å²) in [6.45, 7) is 1.63. The number of carbonyl (C=O) groups is 3. The smallest absolute Gasteiger partial charge is 0.307 e. The van der Waals surface area contributed by atoms with E-state index in [9.17, 15) is 19.5 Å². The fourth-order valence-corrected chi connectivity index (χ4v) is 3.45. The average molecular weight is 292 g/mol. The fourth-order valence-electron chi connectivity index (χ4n) is 3.45. The summed E-state index contributed by atoms with van der Waals surface area (Å²) in [5, 5.41) is 14.8. The summed E-state index contributed by atoms with van der Waals surface area (Å²) in [7, 11) is 0. The number of hydrogen-bond donors (Lipinski definition) is 3. The van der Waals surface area contributed by atoms with Gasteiger partial charge in [0.2, 0.25) is 11.8 Å². The topological polar surface area (TPSA) is 95.5 Å². The Kier molecular flexibility index (Phi) is 3.47. The molecular weight excluding hydrogens is 272 g/mol. The minimum atomic E-state index is -0.929. The van der Waals surface area contributed by atoms with Crippen LogP contribution in [0.25, 0.3) is 0 Å². The Morgan fingerprint density at radius 2 is 1.76 bits per heavy atom. The van der Waals surface area contributed by atoms with Crippen LogP contribution in [0.4, 0.5) is 0 Å². The molecule has 5 atom stereocenters. The van der Waals surface area contributed by atoms with Gasteiger partial charge in [-0.2, -0.15) is 0 Å². The third-order valence-electron chi connectivity index (χ3n) is 4.72. The highest BCUT2D eigenvalue weighted by molar-refractivity contribution is 5.91. The summed E-state index contributed by atoms with van der Waals surface area (Å²) in [6, 6.07) is -0.385. The van der Waals surface area contributed by atoms with Crippen molar-refractivity contribution in [2.45, 2.75) is 38.3 Å². The van der Waals surface area contributed by atoms with Gasteiger partial charge in [-0.15, -0.1) is 0 Å². The molecule has 2 amide bonds. The van der Waals surface area contributed by atoms with Crippen molar-refractivity contribution in [2.75, 3.05) is 0 Å². The third kappa shape index (κ3) is 2.66. The SMILES string of the molecule is CC(NC(=O)[C@H]1C2C=CC(C2)[C@H]1C(=O)O)C(=O)NC1CC1. The third-order valence-corrected chi connectivity index (χ3v) is 4.72. The zero-order chi connectivity index (χ0) is 15.1. The maximum absolute atomic E-state index is 12.4. The Morgan fingerprint density at radius 3 is 2.33 bits per heavy atom. The van der Waals surface area contributed by atoms with Gasteiger partial charge in [-0.05, 0) is 38.0 Å². The van der Waals surface area contributed by atoms with Crippen LogP contribution in [0.3, 0.4) is 0 Å². The van der Waals surface area contributed by atoms with Crippen molar-refractivity contribution in [3.05, 3.63) is 12.2 Å². The Labute approximate surface area is 123 Å². The van der Waals surface area contributed by atoms with E-state index in [0.29, 0.717) is 0 Å². The minimum Gasteiger partial charge on any atom is -0.481 e. The van der Waals surface area contributed by atoms with Crippen molar-refractivity contribution < 1.29 is 19.5 Å². The standard InChI is InChI=1S/C15H20N2O4/c1-7(13(18)17-10-4-5-10)16-14(19)11-8-2-3-9(6-8)12(11)15(20)21/h2-3,7-12H,4-6H2,1H3,(H,16,19)(H,17,18)(H,20,21)/t7?,8?,9?,11-,12+/m0/s1. The molecular formula is C15H20N2O4. The van der Waals surface area contributed by atoms with Crippen LogP contribution in [-0.2, 0) is 14.4 Å². The van der Waals surface area contributed by atoms with E-state index >= 15 is 0 Å². The van der Waals surface area contributed by atoms with E-state index in [2.05, 4.69) is 10.6 Å². The lowest BCUT2D eigenvalue weighted by molar-refractivity contribution is -0.148.